The zero-order valence-electron chi connectivity index (χ0n) is 18.6. The second-order valence-corrected chi connectivity index (χ2v) is 10.3. The fraction of sp³-hybridized carbons (Fsp3) is 0.409. The number of benzene rings is 1. The number of sulfone groups is 1. The minimum atomic E-state index is -3.31. The van der Waals surface area contributed by atoms with E-state index >= 15 is 0 Å². The molecular weight excluding hydrogens is 446 g/mol. The van der Waals surface area contributed by atoms with Crippen LogP contribution in [0.5, 0.6) is 11.6 Å². The molecule has 0 unspecified atom stereocenters. The Labute approximate surface area is 191 Å². The lowest BCUT2D eigenvalue weighted by Gasteiger charge is -2.32. The number of hydrogen-bond acceptors (Lipinski definition) is 10. The van der Waals surface area contributed by atoms with E-state index in [0.717, 1.165) is 19.1 Å². The van der Waals surface area contributed by atoms with Crippen molar-refractivity contribution in [2.75, 3.05) is 24.2 Å². The summed E-state index contributed by atoms with van der Waals surface area (Å²) in [5.74, 6) is 2.70. The van der Waals surface area contributed by atoms with Gasteiger partial charge in [-0.25, -0.2) is 18.4 Å². The lowest BCUT2D eigenvalue weighted by atomic mass is 9.96. The third kappa shape index (κ3) is 5.03. The lowest BCUT2D eigenvalue weighted by molar-refractivity contribution is 0.112. The Hall–Kier alpha value is -3.34. The number of ether oxygens (including phenoxy) is 1. The molecule has 11 heteroatoms. The van der Waals surface area contributed by atoms with Gasteiger partial charge in [0.25, 0.3) is 0 Å². The molecule has 33 heavy (non-hydrogen) atoms. The Bertz CT molecular complexity index is 1230. The Morgan fingerprint density at radius 3 is 2.42 bits per heavy atom. The van der Waals surface area contributed by atoms with Gasteiger partial charge in [0, 0.05) is 31.2 Å². The predicted molar refractivity (Wildman–Crippen MR) is 120 cm³/mol. The van der Waals surface area contributed by atoms with E-state index in [2.05, 4.69) is 20.1 Å². The molecule has 1 aliphatic heterocycles. The quantitative estimate of drug-likeness (QED) is 0.473. The van der Waals surface area contributed by atoms with Crippen LogP contribution in [0.2, 0.25) is 0 Å². The zero-order valence-corrected chi connectivity index (χ0v) is 19.4. The van der Waals surface area contributed by atoms with Crippen LogP contribution in [0.3, 0.4) is 0 Å². The molecule has 3 heterocycles. The molecule has 0 spiro atoms. The Balaban J connectivity index is 1.49. The SMILES string of the molecule is CC(C)c1noc(C2CCN(c3ncnc(Oc4ccc(S(C)(=O)=O)cc4)c3C=O)CC2)n1. The first kappa shape index (κ1) is 22.8. The molecule has 0 N–H and O–H groups in total. The first-order chi connectivity index (χ1) is 15.8. The summed E-state index contributed by atoms with van der Waals surface area (Å²) in [6.45, 7) is 5.36. The summed E-state index contributed by atoms with van der Waals surface area (Å²) in [5.41, 5.74) is 0.239. The average molecular weight is 472 g/mol. The number of anilines is 1. The van der Waals surface area contributed by atoms with Crippen LogP contribution < -0.4 is 9.64 Å². The van der Waals surface area contributed by atoms with E-state index in [-0.39, 0.29) is 28.2 Å². The number of aldehydes is 1. The molecule has 3 aromatic rings. The minimum Gasteiger partial charge on any atom is -0.438 e. The van der Waals surface area contributed by atoms with Gasteiger partial charge in [0.05, 0.1) is 4.90 Å². The molecule has 1 aromatic carbocycles. The minimum absolute atomic E-state index is 0.114. The van der Waals surface area contributed by atoms with Crippen LogP contribution in [-0.2, 0) is 9.84 Å². The molecule has 1 aliphatic rings. The van der Waals surface area contributed by atoms with E-state index in [9.17, 15) is 13.2 Å². The van der Waals surface area contributed by atoms with Gasteiger partial charge in [-0.3, -0.25) is 4.79 Å². The maximum Gasteiger partial charge on any atom is 0.235 e. The Morgan fingerprint density at radius 1 is 1.15 bits per heavy atom. The summed E-state index contributed by atoms with van der Waals surface area (Å²) in [7, 11) is -3.31. The van der Waals surface area contributed by atoms with Gasteiger partial charge in [-0.1, -0.05) is 19.0 Å². The zero-order chi connectivity index (χ0) is 23.6. The maximum absolute atomic E-state index is 11.9. The van der Waals surface area contributed by atoms with Gasteiger partial charge in [-0.05, 0) is 37.1 Å². The molecule has 174 valence electrons. The van der Waals surface area contributed by atoms with Crippen molar-refractivity contribution in [2.24, 2.45) is 0 Å². The molecule has 2 aromatic heterocycles. The highest BCUT2D eigenvalue weighted by Gasteiger charge is 2.28. The topological polar surface area (TPSA) is 128 Å². The van der Waals surface area contributed by atoms with Crippen molar-refractivity contribution in [2.45, 2.75) is 43.4 Å². The number of piperidine rings is 1. The van der Waals surface area contributed by atoms with Crippen molar-refractivity contribution in [3.05, 3.63) is 47.9 Å². The smallest absolute Gasteiger partial charge is 0.235 e. The molecule has 1 saturated heterocycles. The first-order valence-electron chi connectivity index (χ1n) is 10.6. The fourth-order valence-electron chi connectivity index (χ4n) is 3.66. The van der Waals surface area contributed by atoms with Crippen molar-refractivity contribution in [3.8, 4) is 11.6 Å². The average Bonchev–Trinajstić information content (AvgIpc) is 3.30. The van der Waals surface area contributed by atoms with E-state index in [4.69, 9.17) is 9.26 Å². The van der Waals surface area contributed by atoms with Crippen LogP contribution in [0, 0.1) is 0 Å². The summed E-state index contributed by atoms with van der Waals surface area (Å²) in [5, 5.41) is 4.05. The summed E-state index contributed by atoms with van der Waals surface area (Å²) < 4.78 is 34.5. The number of carbonyl (C=O) groups is 1. The van der Waals surface area contributed by atoms with Crippen LogP contribution in [0.25, 0.3) is 0 Å². The Kier molecular flexibility index (Phi) is 6.41. The Morgan fingerprint density at radius 2 is 1.85 bits per heavy atom. The van der Waals surface area contributed by atoms with Crippen LogP contribution >= 0.6 is 0 Å². The van der Waals surface area contributed by atoms with Gasteiger partial charge in [0.15, 0.2) is 21.9 Å². The number of aromatic nitrogens is 4. The second kappa shape index (κ2) is 9.26. The van der Waals surface area contributed by atoms with Gasteiger partial charge in [-0.15, -0.1) is 0 Å². The van der Waals surface area contributed by atoms with E-state index < -0.39 is 9.84 Å². The number of nitrogens with zero attached hydrogens (tertiary/aromatic N) is 5. The second-order valence-electron chi connectivity index (χ2n) is 8.29. The highest BCUT2D eigenvalue weighted by molar-refractivity contribution is 7.90. The van der Waals surface area contributed by atoms with Crippen molar-refractivity contribution < 1.29 is 22.5 Å². The van der Waals surface area contributed by atoms with Crippen molar-refractivity contribution in [3.63, 3.8) is 0 Å². The van der Waals surface area contributed by atoms with E-state index in [1.165, 1.54) is 30.6 Å². The summed E-state index contributed by atoms with van der Waals surface area (Å²) in [4.78, 5) is 27.1. The summed E-state index contributed by atoms with van der Waals surface area (Å²) >= 11 is 0. The van der Waals surface area contributed by atoms with Crippen LogP contribution in [-0.4, -0.2) is 54.2 Å². The molecule has 0 radical (unpaired) electrons. The maximum atomic E-state index is 11.9. The third-order valence-corrected chi connectivity index (χ3v) is 6.66. The molecule has 1 fully saturated rings. The molecule has 10 nitrogen and oxygen atoms in total. The van der Waals surface area contributed by atoms with Gasteiger partial charge >= 0.3 is 0 Å². The molecule has 0 saturated carbocycles. The highest BCUT2D eigenvalue weighted by Crippen LogP contribution is 2.33. The normalized spacial score (nSPS) is 15.1. The van der Waals surface area contributed by atoms with E-state index in [1.54, 1.807) is 0 Å². The molecule has 0 atom stereocenters. The van der Waals surface area contributed by atoms with Gasteiger partial charge in [0.1, 0.15) is 23.5 Å². The van der Waals surface area contributed by atoms with Crippen molar-refractivity contribution >= 4 is 21.9 Å². The van der Waals surface area contributed by atoms with Crippen molar-refractivity contribution in [1.82, 2.24) is 20.1 Å². The summed E-state index contributed by atoms with van der Waals surface area (Å²) in [6, 6.07) is 5.93. The van der Waals surface area contributed by atoms with Crippen LogP contribution in [0.1, 0.15) is 60.6 Å². The highest BCUT2D eigenvalue weighted by atomic mass is 32.2. The fourth-order valence-corrected chi connectivity index (χ4v) is 4.29. The monoisotopic (exact) mass is 471 g/mol. The molecule has 4 rings (SSSR count). The van der Waals surface area contributed by atoms with Gasteiger partial charge < -0.3 is 14.2 Å². The standard InChI is InChI=1S/C22H25N5O5S/c1-14(2)19-25-21(32-26-19)15-8-10-27(11-9-15)20-18(12-28)22(24-13-23-20)31-16-4-6-17(7-5-16)33(3,29)30/h4-7,12-15H,8-11H2,1-3H3. The molecule has 0 amide bonds. The number of carbonyl (C=O) groups excluding carboxylic acids is 1. The van der Waals surface area contributed by atoms with E-state index in [1.807, 2.05) is 18.7 Å². The number of rotatable bonds is 7. The van der Waals surface area contributed by atoms with Crippen molar-refractivity contribution in [1.29, 1.82) is 0 Å². The van der Waals surface area contributed by atoms with E-state index in [0.29, 0.717) is 42.7 Å². The lowest BCUT2D eigenvalue weighted by Crippen LogP contribution is -2.34. The molecule has 0 aliphatic carbocycles. The number of hydrogen-bond donors (Lipinski definition) is 0. The molecular formula is C22H25N5O5S. The summed E-state index contributed by atoms with van der Waals surface area (Å²) in [6.07, 6.45) is 4.72. The van der Waals surface area contributed by atoms with Crippen LogP contribution in [0.15, 0.2) is 40.0 Å². The van der Waals surface area contributed by atoms with Gasteiger partial charge in [-0.2, -0.15) is 4.98 Å². The largest absolute Gasteiger partial charge is 0.438 e. The first-order valence-corrected chi connectivity index (χ1v) is 12.5. The van der Waals surface area contributed by atoms with Gasteiger partial charge in [0.2, 0.25) is 11.8 Å². The molecule has 0 bridgehead atoms. The van der Waals surface area contributed by atoms with Crippen LogP contribution in [0.4, 0.5) is 5.82 Å². The third-order valence-electron chi connectivity index (χ3n) is 5.53. The predicted octanol–water partition coefficient (Wildman–Crippen LogP) is 3.38.